The van der Waals surface area contributed by atoms with Crippen LogP contribution in [0.2, 0.25) is 0 Å². The Labute approximate surface area is 110 Å². The molecule has 0 amide bonds. The predicted molar refractivity (Wildman–Crippen MR) is 73.3 cm³/mol. The van der Waals surface area contributed by atoms with Crippen LogP contribution in [0.15, 0.2) is 5.10 Å². The van der Waals surface area contributed by atoms with Gasteiger partial charge in [-0.1, -0.05) is 0 Å². The SMILES string of the molecule is NCCC1=NNC(C23CC4CC(CC(C4)C2)C3)C1. The molecule has 1 heterocycles. The van der Waals surface area contributed by atoms with Crippen molar-refractivity contribution in [3.05, 3.63) is 0 Å². The molecule has 1 unspecified atom stereocenters. The van der Waals surface area contributed by atoms with Crippen LogP contribution >= 0.6 is 0 Å². The Morgan fingerprint density at radius 2 is 1.72 bits per heavy atom. The Morgan fingerprint density at radius 1 is 1.11 bits per heavy atom. The van der Waals surface area contributed by atoms with Gasteiger partial charge in [0.25, 0.3) is 0 Å². The van der Waals surface area contributed by atoms with E-state index in [1.165, 1.54) is 50.7 Å². The fourth-order valence-corrected chi connectivity index (χ4v) is 5.78. The number of nitrogens with two attached hydrogens (primary N) is 1. The van der Waals surface area contributed by atoms with Gasteiger partial charge in [0.1, 0.15) is 0 Å². The zero-order valence-electron chi connectivity index (χ0n) is 11.2. The van der Waals surface area contributed by atoms with Crippen LogP contribution in [-0.4, -0.2) is 18.3 Å². The Morgan fingerprint density at radius 3 is 2.28 bits per heavy atom. The van der Waals surface area contributed by atoms with Crippen molar-refractivity contribution in [3.63, 3.8) is 0 Å². The molecule has 0 spiro atoms. The summed E-state index contributed by atoms with van der Waals surface area (Å²) in [5.74, 6) is 3.12. The van der Waals surface area contributed by atoms with Crippen molar-refractivity contribution < 1.29 is 0 Å². The third-order valence-electron chi connectivity index (χ3n) is 6.08. The normalized spacial score (nSPS) is 49.3. The maximum atomic E-state index is 5.65. The van der Waals surface area contributed by atoms with E-state index in [-0.39, 0.29) is 0 Å². The van der Waals surface area contributed by atoms with Crippen molar-refractivity contribution in [2.24, 2.45) is 34.0 Å². The largest absolute Gasteiger partial charge is 0.330 e. The fraction of sp³-hybridized carbons (Fsp3) is 0.933. The topological polar surface area (TPSA) is 50.4 Å². The minimum Gasteiger partial charge on any atom is -0.330 e. The van der Waals surface area contributed by atoms with Crippen LogP contribution in [0.1, 0.15) is 51.4 Å². The van der Waals surface area contributed by atoms with E-state index in [4.69, 9.17) is 5.73 Å². The number of hydrogen-bond donors (Lipinski definition) is 2. The van der Waals surface area contributed by atoms with Gasteiger partial charge in [0.2, 0.25) is 0 Å². The molecule has 1 atom stereocenters. The number of hydrazone groups is 1. The summed E-state index contributed by atoms with van der Waals surface area (Å²) in [7, 11) is 0. The molecule has 5 rings (SSSR count). The van der Waals surface area contributed by atoms with Crippen molar-refractivity contribution in [2.45, 2.75) is 57.4 Å². The van der Waals surface area contributed by atoms with Gasteiger partial charge in [0.15, 0.2) is 0 Å². The number of hydrogen-bond acceptors (Lipinski definition) is 3. The summed E-state index contributed by atoms with van der Waals surface area (Å²) in [6.45, 7) is 0.744. The van der Waals surface area contributed by atoms with Crippen LogP contribution in [-0.2, 0) is 0 Å². The van der Waals surface area contributed by atoms with Gasteiger partial charge in [0, 0.05) is 12.1 Å². The number of nitrogens with one attached hydrogen (secondary N) is 1. The second-order valence-electron chi connectivity index (χ2n) is 7.38. The molecule has 3 nitrogen and oxygen atoms in total. The molecule has 0 aromatic heterocycles. The lowest BCUT2D eigenvalue weighted by Gasteiger charge is -2.58. The zero-order chi connectivity index (χ0) is 12.2. The van der Waals surface area contributed by atoms with Gasteiger partial charge in [0.05, 0.1) is 6.04 Å². The van der Waals surface area contributed by atoms with Crippen LogP contribution in [0, 0.1) is 23.2 Å². The van der Waals surface area contributed by atoms with E-state index in [2.05, 4.69) is 10.5 Å². The van der Waals surface area contributed by atoms with Crippen LogP contribution in [0.5, 0.6) is 0 Å². The monoisotopic (exact) mass is 247 g/mol. The molecule has 1 aliphatic heterocycles. The molecule has 100 valence electrons. The molecular weight excluding hydrogens is 222 g/mol. The van der Waals surface area contributed by atoms with E-state index >= 15 is 0 Å². The van der Waals surface area contributed by atoms with E-state index in [9.17, 15) is 0 Å². The molecule has 4 saturated carbocycles. The van der Waals surface area contributed by atoms with Crippen LogP contribution in [0.4, 0.5) is 0 Å². The van der Waals surface area contributed by atoms with Crippen molar-refractivity contribution >= 4 is 5.71 Å². The van der Waals surface area contributed by atoms with Crippen LogP contribution in [0.25, 0.3) is 0 Å². The third kappa shape index (κ3) is 1.63. The van der Waals surface area contributed by atoms with E-state index in [1.54, 1.807) is 0 Å². The molecule has 5 aliphatic rings. The predicted octanol–water partition coefficient (Wildman–Crippen LogP) is 2.27. The van der Waals surface area contributed by atoms with Crippen molar-refractivity contribution in [3.8, 4) is 0 Å². The smallest absolute Gasteiger partial charge is 0.0549 e. The van der Waals surface area contributed by atoms with Crippen LogP contribution < -0.4 is 11.2 Å². The minimum atomic E-state index is 0.592. The molecule has 0 saturated heterocycles. The Kier molecular flexibility index (Phi) is 2.48. The summed E-state index contributed by atoms with van der Waals surface area (Å²) >= 11 is 0. The minimum absolute atomic E-state index is 0.592. The highest BCUT2D eigenvalue weighted by Gasteiger charge is 2.54. The highest BCUT2D eigenvalue weighted by molar-refractivity contribution is 5.86. The lowest BCUT2D eigenvalue weighted by atomic mass is 9.47. The number of rotatable bonds is 3. The summed E-state index contributed by atoms with van der Waals surface area (Å²) in [4.78, 5) is 0. The second kappa shape index (κ2) is 3.96. The molecule has 3 N–H and O–H groups in total. The van der Waals surface area contributed by atoms with Gasteiger partial charge < -0.3 is 11.2 Å². The van der Waals surface area contributed by atoms with Crippen molar-refractivity contribution in [2.75, 3.05) is 6.54 Å². The van der Waals surface area contributed by atoms with Gasteiger partial charge in [-0.2, -0.15) is 5.10 Å². The summed E-state index contributed by atoms with van der Waals surface area (Å²) in [6.07, 6.45) is 11.2. The fourth-order valence-electron chi connectivity index (χ4n) is 5.78. The number of nitrogens with zero attached hydrogens (tertiary/aromatic N) is 1. The third-order valence-corrected chi connectivity index (χ3v) is 6.08. The first-order valence-electron chi connectivity index (χ1n) is 7.78. The Balaban J connectivity index is 1.52. The highest BCUT2D eigenvalue weighted by Crippen LogP contribution is 2.61. The Hall–Kier alpha value is -0.570. The first-order valence-corrected chi connectivity index (χ1v) is 7.78. The molecule has 4 fully saturated rings. The first-order chi connectivity index (χ1) is 8.77. The average molecular weight is 247 g/mol. The van der Waals surface area contributed by atoms with Gasteiger partial charge in [-0.05, 0) is 74.7 Å². The van der Waals surface area contributed by atoms with E-state index in [1.807, 2.05) is 0 Å². The van der Waals surface area contributed by atoms with Crippen LogP contribution in [0.3, 0.4) is 0 Å². The van der Waals surface area contributed by atoms with Crippen molar-refractivity contribution in [1.82, 2.24) is 5.43 Å². The lowest BCUT2D eigenvalue weighted by molar-refractivity contribution is -0.0706. The van der Waals surface area contributed by atoms with E-state index < -0.39 is 0 Å². The molecule has 0 radical (unpaired) electrons. The van der Waals surface area contributed by atoms with Gasteiger partial charge in [-0.15, -0.1) is 0 Å². The molecule has 18 heavy (non-hydrogen) atoms. The molecule has 0 aromatic carbocycles. The van der Waals surface area contributed by atoms with E-state index in [0.717, 1.165) is 30.7 Å². The highest BCUT2D eigenvalue weighted by atomic mass is 15.3. The van der Waals surface area contributed by atoms with Gasteiger partial charge >= 0.3 is 0 Å². The molecule has 4 aliphatic carbocycles. The molecule has 4 bridgehead atoms. The first kappa shape index (κ1) is 11.3. The molecule has 3 heteroatoms. The molecular formula is C15H25N3. The zero-order valence-corrected chi connectivity index (χ0v) is 11.2. The maximum Gasteiger partial charge on any atom is 0.0549 e. The summed E-state index contributed by atoms with van der Waals surface area (Å²) in [6, 6.07) is 0.632. The molecule has 0 aromatic rings. The van der Waals surface area contributed by atoms with Gasteiger partial charge in [-0.3, -0.25) is 0 Å². The lowest BCUT2D eigenvalue weighted by Crippen LogP contribution is -2.54. The quantitative estimate of drug-likeness (QED) is 0.804. The summed E-state index contributed by atoms with van der Waals surface area (Å²) in [5, 5.41) is 4.55. The summed E-state index contributed by atoms with van der Waals surface area (Å²) in [5.41, 5.74) is 11.0. The Bertz CT molecular complexity index is 339. The van der Waals surface area contributed by atoms with Crippen molar-refractivity contribution in [1.29, 1.82) is 0 Å². The van der Waals surface area contributed by atoms with Gasteiger partial charge in [-0.25, -0.2) is 0 Å². The second-order valence-corrected chi connectivity index (χ2v) is 7.38. The summed E-state index contributed by atoms with van der Waals surface area (Å²) < 4.78 is 0. The standard InChI is InChI=1S/C15H25N3/c16-2-1-13-6-14(18-17-13)15-7-10-3-11(8-15)5-12(4-10)9-15/h10-12,14,18H,1-9,16H2. The average Bonchev–Trinajstić information content (AvgIpc) is 2.77. The maximum absolute atomic E-state index is 5.65. The van der Waals surface area contributed by atoms with E-state index in [0.29, 0.717) is 11.5 Å².